The van der Waals surface area contributed by atoms with Gasteiger partial charge in [0.05, 0.1) is 31.0 Å². The summed E-state index contributed by atoms with van der Waals surface area (Å²) in [6.07, 6.45) is 7.64. The van der Waals surface area contributed by atoms with Gasteiger partial charge < -0.3 is 19.7 Å². The van der Waals surface area contributed by atoms with Crippen molar-refractivity contribution >= 4 is 22.5 Å². The molecule has 5 rings (SSSR count). The summed E-state index contributed by atoms with van der Waals surface area (Å²) in [6, 6.07) is 5.01. The molecule has 3 aromatic rings. The first-order valence-corrected chi connectivity index (χ1v) is 11.0. The molecule has 1 aromatic carbocycles. The molecule has 1 aliphatic carbocycles. The van der Waals surface area contributed by atoms with Gasteiger partial charge in [0.25, 0.3) is 0 Å². The van der Waals surface area contributed by atoms with E-state index < -0.39 is 11.6 Å². The normalized spacial score (nSPS) is 21.5. The van der Waals surface area contributed by atoms with Crippen LogP contribution < -0.4 is 15.0 Å². The highest BCUT2D eigenvalue weighted by atomic mass is 19.1. The second-order valence-corrected chi connectivity index (χ2v) is 8.19. The highest BCUT2D eigenvalue weighted by molar-refractivity contribution is 5.85. The number of benzene rings is 1. The minimum atomic E-state index is -0.681. The van der Waals surface area contributed by atoms with Gasteiger partial charge in [0, 0.05) is 49.3 Å². The van der Waals surface area contributed by atoms with E-state index in [9.17, 15) is 8.78 Å². The molecular formula is C23H25F2N5O2. The Kier molecular flexibility index (Phi) is 5.98. The molecule has 2 aliphatic rings. The zero-order valence-corrected chi connectivity index (χ0v) is 17.6. The van der Waals surface area contributed by atoms with Gasteiger partial charge in [0.15, 0.2) is 11.6 Å². The molecular weight excluding hydrogens is 416 g/mol. The number of nitrogens with one attached hydrogen (secondary N) is 1. The number of aromatic nitrogens is 3. The Morgan fingerprint density at radius 1 is 0.969 bits per heavy atom. The standard InChI is InChI=1S/C23H25F2N5O2/c24-15-11-19(25)23(28-14-15)29-16-1-3-18(4-2-16)32-21-13-17(30-7-9-31-10-8-30)12-20-22(21)27-6-5-26-20/h5-6,11-14,16,18H,1-4,7-10H2,(H,28,29)/t16-,18+. The van der Waals surface area contributed by atoms with Gasteiger partial charge >= 0.3 is 0 Å². The lowest BCUT2D eigenvalue weighted by atomic mass is 9.93. The minimum absolute atomic E-state index is 0.0317. The third kappa shape index (κ3) is 4.57. The number of anilines is 2. The molecule has 1 saturated heterocycles. The van der Waals surface area contributed by atoms with Crippen molar-refractivity contribution in [3.63, 3.8) is 0 Å². The van der Waals surface area contributed by atoms with Crippen molar-refractivity contribution in [1.82, 2.24) is 15.0 Å². The Labute approximate surface area is 184 Å². The van der Waals surface area contributed by atoms with Gasteiger partial charge in [-0.2, -0.15) is 0 Å². The van der Waals surface area contributed by atoms with Crippen LogP contribution in [-0.2, 0) is 4.74 Å². The van der Waals surface area contributed by atoms with Gasteiger partial charge in [-0.3, -0.25) is 4.98 Å². The first-order chi connectivity index (χ1) is 15.7. The van der Waals surface area contributed by atoms with E-state index in [2.05, 4.69) is 25.2 Å². The fourth-order valence-electron chi connectivity index (χ4n) is 4.34. The van der Waals surface area contributed by atoms with Crippen molar-refractivity contribution in [1.29, 1.82) is 0 Å². The first kappa shape index (κ1) is 20.8. The van der Waals surface area contributed by atoms with Crippen molar-refractivity contribution in [2.75, 3.05) is 36.5 Å². The number of ether oxygens (including phenoxy) is 2. The van der Waals surface area contributed by atoms with E-state index in [1.807, 2.05) is 12.1 Å². The maximum absolute atomic E-state index is 13.9. The maximum atomic E-state index is 13.9. The average Bonchev–Trinajstić information content (AvgIpc) is 2.82. The van der Waals surface area contributed by atoms with E-state index in [0.717, 1.165) is 73.5 Å². The smallest absolute Gasteiger partial charge is 0.168 e. The third-order valence-electron chi connectivity index (χ3n) is 6.02. The minimum Gasteiger partial charge on any atom is -0.488 e. The zero-order chi connectivity index (χ0) is 21.9. The van der Waals surface area contributed by atoms with E-state index >= 15 is 0 Å². The molecule has 1 N–H and O–H groups in total. The highest BCUT2D eigenvalue weighted by Gasteiger charge is 2.25. The Hall–Kier alpha value is -3.07. The second-order valence-electron chi connectivity index (χ2n) is 8.19. The van der Waals surface area contributed by atoms with Crippen LogP contribution in [0.2, 0.25) is 0 Å². The van der Waals surface area contributed by atoms with E-state index in [4.69, 9.17) is 9.47 Å². The van der Waals surface area contributed by atoms with Gasteiger partial charge in [-0.15, -0.1) is 0 Å². The Morgan fingerprint density at radius 2 is 1.75 bits per heavy atom. The van der Waals surface area contributed by atoms with Crippen LogP contribution in [0.4, 0.5) is 20.3 Å². The number of morpholine rings is 1. The topological polar surface area (TPSA) is 72.4 Å². The number of nitrogens with zero attached hydrogens (tertiary/aromatic N) is 4. The van der Waals surface area contributed by atoms with Crippen LogP contribution in [0.3, 0.4) is 0 Å². The Morgan fingerprint density at radius 3 is 2.53 bits per heavy atom. The molecule has 1 saturated carbocycles. The number of fused-ring (bicyclic) bond motifs is 1. The summed E-state index contributed by atoms with van der Waals surface area (Å²) in [7, 11) is 0. The molecule has 168 valence electrons. The summed E-state index contributed by atoms with van der Waals surface area (Å²) in [4.78, 5) is 15.1. The summed E-state index contributed by atoms with van der Waals surface area (Å²) in [5.74, 6) is -0.525. The van der Waals surface area contributed by atoms with Crippen LogP contribution in [0, 0.1) is 11.6 Å². The molecule has 0 atom stereocenters. The fourth-order valence-corrected chi connectivity index (χ4v) is 4.34. The summed E-state index contributed by atoms with van der Waals surface area (Å²) in [6.45, 7) is 3.07. The summed E-state index contributed by atoms with van der Waals surface area (Å²) >= 11 is 0. The summed E-state index contributed by atoms with van der Waals surface area (Å²) in [5.41, 5.74) is 2.62. The van der Waals surface area contributed by atoms with Crippen LogP contribution in [0.25, 0.3) is 11.0 Å². The number of hydrogen-bond acceptors (Lipinski definition) is 7. The van der Waals surface area contributed by atoms with Gasteiger partial charge in [-0.25, -0.2) is 18.7 Å². The van der Waals surface area contributed by atoms with Crippen LogP contribution in [0.15, 0.2) is 36.8 Å². The predicted molar refractivity (Wildman–Crippen MR) is 117 cm³/mol. The lowest BCUT2D eigenvalue weighted by Crippen LogP contribution is -2.36. The van der Waals surface area contributed by atoms with Crippen molar-refractivity contribution in [2.45, 2.75) is 37.8 Å². The number of halogens is 2. The monoisotopic (exact) mass is 441 g/mol. The predicted octanol–water partition coefficient (Wildman–Crippen LogP) is 3.94. The summed E-state index contributed by atoms with van der Waals surface area (Å²) in [5, 5.41) is 3.09. The Bertz CT molecular complexity index is 1090. The highest BCUT2D eigenvalue weighted by Crippen LogP contribution is 2.33. The molecule has 0 amide bonds. The Balaban J connectivity index is 1.27. The van der Waals surface area contributed by atoms with Crippen molar-refractivity contribution < 1.29 is 18.3 Å². The van der Waals surface area contributed by atoms with Crippen molar-refractivity contribution in [3.05, 3.63) is 48.4 Å². The van der Waals surface area contributed by atoms with E-state index in [1.165, 1.54) is 0 Å². The van der Waals surface area contributed by atoms with E-state index in [1.54, 1.807) is 12.4 Å². The average molecular weight is 441 g/mol. The molecule has 2 fully saturated rings. The molecule has 32 heavy (non-hydrogen) atoms. The van der Waals surface area contributed by atoms with Crippen molar-refractivity contribution in [2.24, 2.45) is 0 Å². The van der Waals surface area contributed by atoms with Gasteiger partial charge in [0.2, 0.25) is 0 Å². The van der Waals surface area contributed by atoms with Crippen LogP contribution in [0.1, 0.15) is 25.7 Å². The van der Waals surface area contributed by atoms with E-state index in [-0.39, 0.29) is 18.0 Å². The maximum Gasteiger partial charge on any atom is 0.168 e. The second kappa shape index (κ2) is 9.20. The summed E-state index contributed by atoms with van der Waals surface area (Å²) < 4.78 is 38.9. The third-order valence-corrected chi connectivity index (χ3v) is 6.02. The lowest BCUT2D eigenvalue weighted by Gasteiger charge is -2.31. The quantitative estimate of drug-likeness (QED) is 0.643. The number of hydrogen-bond donors (Lipinski definition) is 1. The van der Waals surface area contributed by atoms with Gasteiger partial charge in [-0.1, -0.05) is 0 Å². The fraction of sp³-hybridized carbons (Fsp3) is 0.435. The number of pyridine rings is 1. The molecule has 0 spiro atoms. The number of rotatable bonds is 5. The molecule has 2 aromatic heterocycles. The molecule has 1 aliphatic heterocycles. The zero-order valence-electron chi connectivity index (χ0n) is 17.6. The first-order valence-electron chi connectivity index (χ1n) is 11.0. The SMILES string of the molecule is Fc1cnc(N[C@H]2CC[C@@H](Oc3cc(N4CCOCC4)cc4nccnc34)CC2)c(F)c1. The van der Waals surface area contributed by atoms with Gasteiger partial charge in [0.1, 0.15) is 17.1 Å². The largest absolute Gasteiger partial charge is 0.488 e. The van der Waals surface area contributed by atoms with Gasteiger partial charge in [-0.05, 0) is 31.7 Å². The lowest BCUT2D eigenvalue weighted by molar-refractivity contribution is 0.122. The van der Waals surface area contributed by atoms with Crippen LogP contribution >= 0.6 is 0 Å². The van der Waals surface area contributed by atoms with Crippen LogP contribution in [-0.4, -0.2) is 53.4 Å². The molecule has 0 radical (unpaired) electrons. The van der Waals surface area contributed by atoms with Crippen LogP contribution in [0.5, 0.6) is 5.75 Å². The molecule has 9 heteroatoms. The van der Waals surface area contributed by atoms with Crippen molar-refractivity contribution in [3.8, 4) is 5.75 Å². The molecule has 0 unspecified atom stereocenters. The molecule has 3 heterocycles. The molecule has 0 bridgehead atoms. The molecule has 7 nitrogen and oxygen atoms in total. The van der Waals surface area contributed by atoms with E-state index in [0.29, 0.717) is 13.2 Å².